The molecule has 0 bridgehead atoms. The number of aromatic nitrogens is 3. The largest absolute Gasteiger partial charge is 0.461 e. The van der Waals surface area contributed by atoms with Gasteiger partial charge in [0.05, 0.1) is 12.0 Å². The maximum Gasteiger partial charge on any atom is 0.269 e. The molecule has 3 rings (SSSR count). The quantitative estimate of drug-likeness (QED) is 0.437. The summed E-state index contributed by atoms with van der Waals surface area (Å²) in [5.74, 6) is 0.855. The number of hydrazine groups is 1. The third kappa shape index (κ3) is 5.61. The van der Waals surface area contributed by atoms with E-state index in [0.717, 1.165) is 0 Å². The van der Waals surface area contributed by atoms with Gasteiger partial charge in [-0.15, -0.1) is 10.2 Å². The van der Waals surface area contributed by atoms with Crippen molar-refractivity contribution in [3.63, 3.8) is 0 Å². The van der Waals surface area contributed by atoms with Crippen molar-refractivity contribution < 1.29 is 14.0 Å². The highest BCUT2D eigenvalue weighted by Crippen LogP contribution is 2.25. The Kier molecular flexibility index (Phi) is 6.95. The van der Waals surface area contributed by atoms with Crippen LogP contribution in [-0.2, 0) is 11.3 Å². The Morgan fingerprint density at radius 2 is 1.93 bits per heavy atom. The molecule has 0 aliphatic rings. The first-order chi connectivity index (χ1) is 13.9. The molecule has 2 heterocycles. The lowest BCUT2D eigenvalue weighted by Gasteiger charge is -2.11. The minimum absolute atomic E-state index is 0.0648. The van der Waals surface area contributed by atoms with E-state index < -0.39 is 5.91 Å². The Labute approximate surface area is 177 Å². The van der Waals surface area contributed by atoms with E-state index in [1.54, 1.807) is 36.6 Å². The number of carbonyl (C=O) groups is 2. The maximum absolute atomic E-state index is 12.1. The second kappa shape index (κ2) is 9.62. The lowest BCUT2D eigenvalue weighted by Crippen LogP contribution is -2.42. The molecule has 0 saturated heterocycles. The predicted octanol–water partition coefficient (Wildman–Crippen LogP) is 3.40. The monoisotopic (exact) mass is 433 g/mol. The molecule has 10 heteroatoms. The number of hydrogen-bond donors (Lipinski definition) is 2. The summed E-state index contributed by atoms with van der Waals surface area (Å²) in [4.78, 5) is 24.2. The van der Waals surface area contributed by atoms with Gasteiger partial charge in [0.25, 0.3) is 5.91 Å². The van der Waals surface area contributed by atoms with Crippen molar-refractivity contribution in [1.29, 1.82) is 0 Å². The van der Waals surface area contributed by atoms with E-state index in [0.29, 0.717) is 39.8 Å². The summed E-state index contributed by atoms with van der Waals surface area (Å²) >= 11 is 7.03. The van der Waals surface area contributed by atoms with E-state index in [-0.39, 0.29) is 11.7 Å². The van der Waals surface area contributed by atoms with Crippen molar-refractivity contribution >= 4 is 35.2 Å². The van der Waals surface area contributed by atoms with Gasteiger partial charge in [0.1, 0.15) is 0 Å². The summed E-state index contributed by atoms with van der Waals surface area (Å²) in [5, 5.41) is 9.51. The van der Waals surface area contributed by atoms with Gasteiger partial charge in [0, 0.05) is 17.1 Å². The number of amides is 2. The summed E-state index contributed by atoms with van der Waals surface area (Å²) in [5.41, 5.74) is 5.16. The van der Waals surface area contributed by atoms with Crippen molar-refractivity contribution in [2.24, 2.45) is 5.92 Å². The molecule has 0 aliphatic carbocycles. The fraction of sp³-hybridized carbons (Fsp3) is 0.263. The third-order valence-corrected chi connectivity index (χ3v) is 4.98. The van der Waals surface area contributed by atoms with Crippen LogP contribution in [0.25, 0.3) is 11.6 Å². The van der Waals surface area contributed by atoms with Crippen LogP contribution in [0.15, 0.2) is 52.2 Å². The van der Waals surface area contributed by atoms with E-state index in [1.807, 2.05) is 10.6 Å². The molecule has 0 unspecified atom stereocenters. The average Bonchev–Trinajstić information content (AvgIpc) is 3.34. The molecule has 8 nitrogen and oxygen atoms in total. The summed E-state index contributed by atoms with van der Waals surface area (Å²) in [7, 11) is 0. The number of thioether (sulfide) groups is 1. The van der Waals surface area contributed by atoms with Gasteiger partial charge in [-0.2, -0.15) is 0 Å². The molecule has 0 atom stereocenters. The van der Waals surface area contributed by atoms with Crippen LogP contribution in [0, 0.1) is 5.92 Å². The first kappa shape index (κ1) is 20.9. The SMILES string of the molecule is CC(C)Cn1c(SCC(=O)NNC(=O)c2ccc(Cl)cc2)nnc1-c1ccco1. The highest BCUT2D eigenvalue weighted by atomic mass is 35.5. The molecule has 0 radical (unpaired) electrons. The molecule has 29 heavy (non-hydrogen) atoms. The second-order valence-electron chi connectivity index (χ2n) is 6.59. The summed E-state index contributed by atoms with van der Waals surface area (Å²) in [6, 6.07) is 9.95. The minimum atomic E-state index is -0.428. The molecule has 0 fully saturated rings. The Bertz CT molecular complexity index is 970. The van der Waals surface area contributed by atoms with E-state index in [1.165, 1.54) is 11.8 Å². The van der Waals surface area contributed by atoms with E-state index in [4.69, 9.17) is 16.0 Å². The lowest BCUT2D eigenvalue weighted by atomic mass is 10.2. The number of nitrogens with zero attached hydrogens (tertiary/aromatic N) is 3. The number of furan rings is 1. The molecule has 0 spiro atoms. The Morgan fingerprint density at radius 3 is 2.59 bits per heavy atom. The topological polar surface area (TPSA) is 102 Å². The number of hydrogen-bond acceptors (Lipinski definition) is 6. The van der Waals surface area contributed by atoms with Crippen LogP contribution >= 0.6 is 23.4 Å². The Balaban J connectivity index is 1.58. The van der Waals surface area contributed by atoms with Gasteiger partial charge < -0.3 is 4.42 Å². The van der Waals surface area contributed by atoms with Gasteiger partial charge in [-0.05, 0) is 42.3 Å². The first-order valence-corrected chi connectivity index (χ1v) is 10.2. The zero-order valence-corrected chi connectivity index (χ0v) is 17.5. The molecule has 0 aliphatic heterocycles. The number of halogens is 1. The third-order valence-electron chi connectivity index (χ3n) is 3.76. The Morgan fingerprint density at radius 1 is 1.17 bits per heavy atom. The number of nitrogens with one attached hydrogen (secondary N) is 2. The zero-order valence-electron chi connectivity index (χ0n) is 15.9. The van der Waals surface area contributed by atoms with Gasteiger partial charge in [-0.25, -0.2) is 0 Å². The van der Waals surface area contributed by atoms with Crippen LogP contribution in [0.1, 0.15) is 24.2 Å². The molecule has 3 aromatic rings. The predicted molar refractivity (Wildman–Crippen MR) is 110 cm³/mol. The summed E-state index contributed by atoms with van der Waals surface area (Å²) < 4.78 is 7.35. The number of carbonyl (C=O) groups excluding carboxylic acids is 2. The Hall–Kier alpha value is -2.78. The first-order valence-electron chi connectivity index (χ1n) is 8.88. The normalized spacial score (nSPS) is 10.9. The van der Waals surface area contributed by atoms with Crippen molar-refractivity contribution in [2.45, 2.75) is 25.5 Å². The van der Waals surface area contributed by atoms with Crippen molar-refractivity contribution in [3.05, 3.63) is 53.2 Å². The molecule has 2 N–H and O–H groups in total. The minimum Gasteiger partial charge on any atom is -0.461 e. The molecule has 2 amide bonds. The average molecular weight is 434 g/mol. The van der Waals surface area contributed by atoms with Crippen molar-refractivity contribution in [1.82, 2.24) is 25.6 Å². The van der Waals surface area contributed by atoms with E-state index in [9.17, 15) is 9.59 Å². The number of benzene rings is 1. The van der Waals surface area contributed by atoms with Gasteiger partial charge in [-0.1, -0.05) is 37.2 Å². The highest BCUT2D eigenvalue weighted by Gasteiger charge is 2.18. The zero-order chi connectivity index (χ0) is 20.8. The smallest absolute Gasteiger partial charge is 0.269 e. The van der Waals surface area contributed by atoms with Crippen molar-refractivity contribution in [3.8, 4) is 11.6 Å². The fourth-order valence-electron chi connectivity index (χ4n) is 2.48. The lowest BCUT2D eigenvalue weighted by molar-refractivity contribution is -0.119. The van der Waals surface area contributed by atoms with Crippen LogP contribution < -0.4 is 10.9 Å². The molecule has 152 valence electrons. The second-order valence-corrected chi connectivity index (χ2v) is 7.96. The van der Waals surface area contributed by atoms with Crippen LogP contribution in [0.2, 0.25) is 5.02 Å². The van der Waals surface area contributed by atoms with Gasteiger partial charge in [0.15, 0.2) is 16.7 Å². The van der Waals surface area contributed by atoms with Gasteiger partial charge in [0.2, 0.25) is 5.91 Å². The summed E-state index contributed by atoms with van der Waals surface area (Å²) in [6.45, 7) is 4.85. The standard InChI is InChI=1S/C19H20ClN5O3S/c1-12(2)10-25-17(15-4-3-9-28-15)22-24-19(25)29-11-16(26)21-23-18(27)13-5-7-14(20)8-6-13/h3-9,12H,10-11H2,1-2H3,(H,21,26)(H,23,27). The van der Waals surface area contributed by atoms with Crippen LogP contribution in [0.3, 0.4) is 0 Å². The van der Waals surface area contributed by atoms with Gasteiger partial charge >= 0.3 is 0 Å². The molecular weight excluding hydrogens is 414 g/mol. The van der Waals surface area contributed by atoms with Crippen molar-refractivity contribution in [2.75, 3.05) is 5.75 Å². The van der Waals surface area contributed by atoms with Gasteiger partial charge in [-0.3, -0.25) is 25.0 Å². The maximum atomic E-state index is 12.1. The van der Waals surface area contributed by atoms with Crippen LogP contribution in [-0.4, -0.2) is 32.3 Å². The van der Waals surface area contributed by atoms with Crippen LogP contribution in [0.4, 0.5) is 0 Å². The highest BCUT2D eigenvalue weighted by molar-refractivity contribution is 7.99. The van der Waals surface area contributed by atoms with E-state index in [2.05, 4.69) is 34.9 Å². The summed E-state index contributed by atoms with van der Waals surface area (Å²) in [6.07, 6.45) is 1.58. The van der Waals surface area contributed by atoms with Crippen LogP contribution in [0.5, 0.6) is 0 Å². The molecule has 2 aromatic heterocycles. The number of rotatable bonds is 7. The fourth-order valence-corrected chi connectivity index (χ4v) is 3.35. The molecular formula is C19H20ClN5O3S. The molecule has 1 aromatic carbocycles. The van der Waals surface area contributed by atoms with E-state index >= 15 is 0 Å². The molecule has 0 saturated carbocycles.